The van der Waals surface area contributed by atoms with Gasteiger partial charge in [-0.1, -0.05) is 30.3 Å². The number of nitrogens with zero attached hydrogens (tertiary/aromatic N) is 2. The van der Waals surface area contributed by atoms with Gasteiger partial charge < -0.3 is 9.47 Å². The first-order chi connectivity index (χ1) is 10.8. The second-order valence-corrected chi connectivity index (χ2v) is 4.70. The zero-order chi connectivity index (χ0) is 15.4. The van der Waals surface area contributed by atoms with Crippen molar-refractivity contribution in [2.75, 3.05) is 13.2 Å². The van der Waals surface area contributed by atoms with Gasteiger partial charge in [0.15, 0.2) is 11.5 Å². The Bertz CT molecular complexity index is 782. The number of fused-ring (bicyclic) bond motifs is 1. The number of aromatic nitrogens is 2. The van der Waals surface area contributed by atoms with Crippen molar-refractivity contribution < 1.29 is 9.47 Å². The molecule has 3 aromatic rings. The zero-order valence-corrected chi connectivity index (χ0v) is 12.7. The van der Waals surface area contributed by atoms with E-state index in [0.717, 1.165) is 27.8 Å². The largest absolute Gasteiger partial charge is 0.490 e. The van der Waals surface area contributed by atoms with Gasteiger partial charge in [0.2, 0.25) is 0 Å². The molecule has 0 N–H and O–H groups in total. The van der Waals surface area contributed by atoms with Crippen molar-refractivity contribution in [2.24, 2.45) is 0 Å². The molecule has 0 saturated heterocycles. The van der Waals surface area contributed by atoms with Gasteiger partial charge >= 0.3 is 0 Å². The summed E-state index contributed by atoms with van der Waals surface area (Å²) in [5.74, 6) is 1.43. The number of hydrogen-bond acceptors (Lipinski definition) is 4. The minimum atomic E-state index is 0.557. The third-order valence-corrected chi connectivity index (χ3v) is 3.33. The van der Waals surface area contributed by atoms with Crippen molar-refractivity contribution in [2.45, 2.75) is 13.8 Å². The minimum absolute atomic E-state index is 0.557. The molecule has 1 radical (unpaired) electrons. The fraction of sp³-hybridized carbons (Fsp3) is 0.222. The zero-order valence-electron chi connectivity index (χ0n) is 12.7. The molecule has 0 amide bonds. The molecule has 0 bridgehead atoms. The molecular formula is C18H17N2O2. The van der Waals surface area contributed by atoms with Crippen LogP contribution in [0.15, 0.2) is 42.5 Å². The lowest BCUT2D eigenvalue weighted by molar-refractivity contribution is 0.289. The van der Waals surface area contributed by atoms with E-state index in [-0.39, 0.29) is 0 Å². The van der Waals surface area contributed by atoms with Gasteiger partial charge in [-0.25, -0.2) is 0 Å². The lowest BCUT2D eigenvalue weighted by atomic mass is 10.0. The predicted octanol–water partition coefficient (Wildman–Crippen LogP) is 3.89. The molecule has 111 valence electrons. The van der Waals surface area contributed by atoms with Crippen LogP contribution in [0.3, 0.4) is 0 Å². The summed E-state index contributed by atoms with van der Waals surface area (Å²) in [6.45, 7) is 5.05. The monoisotopic (exact) mass is 293 g/mol. The van der Waals surface area contributed by atoms with Gasteiger partial charge in [0, 0.05) is 16.3 Å². The number of rotatable bonds is 5. The molecule has 0 fully saturated rings. The van der Waals surface area contributed by atoms with E-state index in [1.165, 1.54) is 0 Å². The third-order valence-electron chi connectivity index (χ3n) is 3.33. The molecule has 0 spiro atoms. The molecule has 0 atom stereocenters. The fourth-order valence-electron chi connectivity index (χ4n) is 2.43. The molecule has 4 heteroatoms. The van der Waals surface area contributed by atoms with Crippen molar-refractivity contribution in [1.82, 2.24) is 10.2 Å². The summed E-state index contributed by atoms with van der Waals surface area (Å²) in [4.78, 5) is 0. The van der Waals surface area contributed by atoms with E-state index in [1.807, 2.05) is 56.3 Å². The Morgan fingerprint density at radius 3 is 2.59 bits per heavy atom. The highest BCUT2D eigenvalue weighted by Gasteiger charge is 2.16. The number of benzene rings is 2. The van der Waals surface area contributed by atoms with E-state index in [0.29, 0.717) is 19.0 Å². The average molecular weight is 293 g/mol. The molecule has 1 aromatic heterocycles. The van der Waals surface area contributed by atoms with E-state index in [9.17, 15) is 0 Å². The van der Waals surface area contributed by atoms with Gasteiger partial charge in [0.25, 0.3) is 0 Å². The Morgan fingerprint density at radius 1 is 0.955 bits per heavy atom. The predicted molar refractivity (Wildman–Crippen MR) is 86.1 cm³/mol. The summed E-state index contributed by atoms with van der Waals surface area (Å²) >= 11 is 0. The maximum Gasteiger partial charge on any atom is 0.170 e. The molecule has 22 heavy (non-hydrogen) atoms. The van der Waals surface area contributed by atoms with Crippen molar-refractivity contribution in [3.63, 3.8) is 0 Å². The standard InChI is InChI=1S/C18H17N2O2/c1-3-21-16-11-7-10-15(18(16)22-4-2)17-14-9-6-5-8-13(14)12-19-20-17/h5-11H,3-4H2,1-2H3. The lowest BCUT2D eigenvalue weighted by Gasteiger charge is -2.15. The van der Waals surface area contributed by atoms with E-state index in [2.05, 4.69) is 16.4 Å². The fourth-order valence-corrected chi connectivity index (χ4v) is 2.43. The maximum absolute atomic E-state index is 5.82. The molecule has 0 aliphatic heterocycles. The summed E-state index contributed by atoms with van der Waals surface area (Å²) in [5.41, 5.74) is 1.66. The van der Waals surface area contributed by atoms with E-state index in [1.54, 1.807) is 0 Å². The van der Waals surface area contributed by atoms with Gasteiger partial charge in [0.1, 0.15) is 11.9 Å². The van der Waals surface area contributed by atoms with Crippen molar-refractivity contribution in [1.29, 1.82) is 0 Å². The van der Waals surface area contributed by atoms with Crippen LogP contribution in [-0.2, 0) is 0 Å². The molecule has 3 rings (SSSR count). The molecule has 2 aromatic carbocycles. The van der Waals surface area contributed by atoms with Gasteiger partial charge in [-0.2, -0.15) is 0 Å². The molecule has 0 saturated carbocycles. The molecule has 1 heterocycles. The highest BCUT2D eigenvalue weighted by molar-refractivity contribution is 5.95. The Balaban J connectivity index is 2.23. The maximum atomic E-state index is 5.82. The highest BCUT2D eigenvalue weighted by atomic mass is 16.5. The number of hydrogen-bond donors (Lipinski definition) is 0. The lowest BCUT2D eigenvalue weighted by Crippen LogP contribution is -2.01. The van der Waals surface area contributed by atoms with Crippen LogP contribution in [-0.4, -0.2) is 23.4 Å². The van der Waals surface area contributed by atoms with E-state index in [4.69, 9.17) is 9.47 Å². The van der Waals surface area contributed by atoms with Crippen LogP contribution in [0.25, 0.3) is 22.0 Å². The van der Waals surface area contributed by atoms with Crippen LogP contribution in [0.4, 0.5) is 0 Å². The minimum Gasteiger partial charge on any atom is -0.490 e. The third kappa shape index (κ3) is 2.60. The Kier molecular flexibility index (Phi) is 4.19. The first-order valence-electron chi connectivity index (χ1n) is 7.37. The second kappa shape index (κ2) is 6.43. The van der Waals surface area contributed by atoms with Crippen LogP contribution in [0, 0.1) is 6.20 Å². The normalized spacial score (nSPS) is 10.6. The summed E-state index contributed by atoms with van der Waals surface area (Å²) in [7, 11) is 0. The van der Waals surface area contributed by atoms with Crippen molar-refractivity contribution in [3.8, 4) is 22.8 Å². The van der Waals surface area contributed by atoms with Crippen molar-refractivity contribution in [3.05, 3.63) is 48.7 Å². The van der Waals surface area contributed by atoms with Crippen LogP contribution in [0.1, 0.15) is 13.8 Å². The van der Waals surface area contributed by atoms with E-state index >= 15 is 0 Å². The molecule has 0 unspecified atom stereocenters. The first kappa shape index (κ1) is 14.3. The quantitative estimate of drug-likeness (QED) is 0.715. The average Bonchev–Trinajstić information content (AvgIpc) is 2.56. The van der Waals surface area contributed by atoms with E-state index < -0.39 is 0 Å². The molecule has 0 aliphatic carbocycles. The number of ether oxygens (including phenoxy) is 2. The Hall–Kier alpha value is -2.62. The second-order valence-electron chi connectivity index (χ2n) is 4.70. The summed E-state index contributed by atoms with van der Waals surface area (Å²) in [6.07, 6.45) is 2.92. The Morgan fingerprint density at radius 2 is 1.77 bits per heavy atom. The van der Waals surface area contributed by atoms with Gasteiger partial charge in [-0.3, -0.25) is 0 Å². The van der Waals surface area contributed by atoms with Gasteiger partial charge in [-0.15, -0.1) is 10.2 Å². The van der Waals surface area contributed by atoms with Crippen LogP contribution in [0.5, 0.6) is 11.5 Å². The smallest absolute Gasteiger partial charge is 0.170 e. The highest BCUT2D eigenvalue weighted by Crippen LogP contribution is 2.39. The first-order valence-corrected chi connectivity index (χ1v) is 7.37. The van der Waals surface area contributed by atoms with Gasteiger partial charge in [0.05, 0.1) is 13.2 Å². The molecule has 0 aliphatic rings. The topological polar surface area (TPSA) is 44.2 Å². The SMILES string of the molecule is CCOc1cccc(-c2nn[c]c3ccccc23)c1OCC. The summed E-state index contributed by atoms with van der Waals surface area (Å²) in [5, 5.41) is 10.2. The summed E-state index contributed by atoms with van der Waals surface area (Å²) < 4.78 is 11.5. The van der Waals surface area contributed by atoms with Gasteiger partial charge in [-0.05, 0) is 26.0 Å². The number of para-hydroxylation sites is 1. The van der Waals surface area contributed by atoms with Crippen LogP contribution in [0.2, 0.25) is 0 Å². The molecule has 4 nitrogen and oxygen atoms in total. The molecular weight excluding hydrogens is 276 g/mol. The Labute approximate surface area is 129 Å². The van der Waals surface area contributed by atoms with Crippen molar-refractivity contribution >= 4 is 10.8 Å². The van der Waals surface area contributed by atoms with Crippen LogP contribution < -0.4 is 9.47 Å². The van der Waals surface area contributed by atoms with Crippen LogP contribution >= 0.6 is 0 Å². The summed E-state index contributed by atoms with van der Waals surface area (Å²) in [6, 6.07) is 13.8.